The van der Waals surface area contributed by atoms with Gasteiger partial charge in [-0.15, -0.1) is 0 Å². The third-order valence-electron chi connectivity index (χ3n) is 7.03. The Kier molecular flexibility index (Phi) is 9.72. The van der Waals surface area contributed by atoms with Crippen molar-refractivity contribution in [2.75, 3.05) is 13.7 Å². The molecule has 0 radical (unpaired) electrons. The fourth-order valence-corrected chi connectivity index (χ4v) is 10.3. The van der Waals surface area contributed by atoms with E-state index in [9.17, 15) is 26.4 Å². The van der Waals surface area contributed by atoms with Gasteiger partial charge in [-0.3, -0.25) is 0 Å². The van der Waals surface area contributed by atoms with E-state index in [0.29, 0.717) is 25.9 Å². The van der Waals surface area contributed by atoms with Crippen molar-refractivity contribution in [1.29, 1.82) is 0 Å². The van der Waals surface area contributed by atoms with Crippen molar-refractivity contribution < 1.29 is 39.7 Å². The van der Waals surface area contributed by atoms with Crippen LogP contribution in [0.2, 0.25) is 5.04 Å². The molecule has 2 aromatic carbocycles. The summed E-state index contributed by atoms with van der Waals surface area (Å²) in [6, 6.07) is 20.4. The van der Waals surface area contributed by atoms with Crippen LogP contribution in [0.1, 0.15) is 52.9 Å². The highest BCUT2D eigenvalue weighted by molar-refractivity contribution is 7.87. The molecule has 0 fully saturated rings. The fourth-order valence-electron chi connectivity index (χ4n) is 5.19. The zero-order valence-electron chi connectivity index (χ0n) is 22.6. The second-order valence-electron chi connectivity index (χ2n) is 10.6. The number of halogens is 3. The summed E-state index contributed by atoms with van der Waals surface area (Å²) in [4.78, 5) is 12.3. The molecule has 3 rings (SSSR count). The van der Waals surface area contributed by atoms with Crippen molar-refractivity contribution in [3.63, 3.8) is 0 Å². The molecule has 1 aliphatic carbocycles. The van der Waals surface area contributed by atoms with Gasteiger partial charge in [0, 0.05) is 13.0 Å². The zero-order chi connectivity index (χ0) is 28.9. The Balaban J connectivity index is 1.77. The molecule has 0 amide bonds. The first kappa shape index (κ1) is 30.9. The monoisotopic (exact) mass is 584 g/mol. The summed E-state index contributed by atoms with van der Waals surface area (Å²) in [5, 5.41) is 2.13. The Hall–Kier alpha value is -2.63. The number of benzene rings is 2. The first-order valence-electron chi connectivity index (χ1n) is 12.8. The topological polar surface area (TPSA) is 78.9 Å². The maximum absolute atomic E-state index is 12.8. The molecule has 0 saturated carbocycles. The maximum Gasteiger partial charge on any atom is 0.534 e. The zero-order valence-corrected chi connectivity index (χ0v) is 24.4. The maximum atomic E-state index is 12.8. The summed E-state index contributed by atoms with van der Waals surface area (Å²) in [6.07, 6.45) is 1.62. The van der Waals surface area contributed by atoms with Crippen LogP contribution in [-0.4, -0.2) is 41.9 Å². The molecule has 11 heteroatoms. The van der Waals surface area contributed by atoms with E-state index in [4.69, 9.17) is 9.16 Å². The van der Waals surface area contributed by atoms with Gasteiger partial charge in [0.2, 0.25) is 0 Å². The molecule has 1 atom stereocenters. The number of esters is 1. The molecule has 0 aromatic heterocycles. The van der Waals surface area contributed by atoms with Gasteiger partial charge in [-0.05, 0) is 47.0 Å². The molecule has 0 N–H and O–H groups in total. The number of hydrogen-bond donors (Lipinski definition) is 0. The van der Waals surface area contributed by atoms with Gasteiger partial charge in [-0.1, -0.05) is 81.4 Å². The van der Waals surface area contributed by atoms with Crippen molar-refractivity contribution in [1.82, 2.24) is 0 Å². The normalized spacial score (nSPS) is 17.2. The first-order valence-corrected chi connectivity index (χ1v) is 16.1. The van der Waals surface area contributed by atoms with Crippen LogP contribution < -0.4 is 10.4 Å². The van der Waals surface area contributed by atoms with Crippen LogP contribution in [0.25, 0.3) is 0 Å². The minimum absolute atomic E-state index is 0.0641. The number of ether oxygens (including phenoxy) is 1. The first-order chi connectivity index (χ1) is 18.2. The number of methoxy groups -OCH3 is 1. The predicted octanol–water partition coefficient (Wildman–Crippen LogP) is 5.44. The highest BCUT2D eigenvalue weighted by Gasteiger charge is 2.51. The van der Waals surface area contributed by atoms with Crippen LogP contribution in [0.15, 0.2) is 72.0 Å². The summed E-state index contributed by atoms with van der Waals surface area (Å²) in [6.45, 7) is 7.01. The molecule has 214 valence electrons. The van der Waals surface area contributed by atoms with Crippen LogP contribution in [-0.2, 0) is 28.3 Å². The summed E-state index contributed by atoms with van der Waals surface area (Å²) in [7, 11) is -7.49. The number of carbonyl (C=O) groups is 1. The van der Waals surface area contributed by atoms with E-state index in [-0.39, 0.29) is 29.4 Å². The molecule has 2 aromatic rings. The molecule has 0 spiro atoms. The summed E-state index contributed by atoms with van der Waals surface area (Å²) >= 11 is 0. The van der Waals surface area contributed by atoms with E-state index in [1.165, 1.54) is 0 Å². The Bertz CT molecular complexity index is 1220. The van der Waals surface area contributed by atoms with Crippen LogP contribution in [0, 0.1) is 5.92 Å². The Labute approximate surface area is 229 Å². The number of hydrogen-bond acceptors (Lipinski definition) is 6. The molecule has 0 unspecified atom stereocenters. The number of allylic oxidation sites excluding steroid dienone is 1. The molecule has 0 aliphatic heterocycles. The second-order valence-corrected chi connectivity index (χ2v) is 16.5. The van der Waals surface area contributed by atoms with E-state index in [2.05, 4.69) is 49.2 Å². The summed E-state index contributed by atoms with van der Waals surface area (Å²) in [5.74, 6) is -1.46. The van der Waals surface area contributed by atoms with Gasteiger partial charge in [-0.25, -0.2) is 4.79 Å². The average Bonchev–Trinajstić information content (AvgIpc) is 2.88. The Morgan fingerprint density at radius 2 is 1.51 bits per heavy atom. The SMILES string of the molecule is COC(=O)C1=C(OS(=O)(=O)C(F)(F)F)CC[C@H](CCCO[Si](c2ccccc2)(c2ccccc2)C(C)(C)C)C1. The van der Waals surface area contributed by atoms with Gasteiger partial charge < -0.3 is 13.3 Å². The quantitative estimate of drug-likeness (QED) is 0.122. The van der Waals surface area contributed by atoms with Crippen molar-refractivity contribution in [2.45, 2.75) is 63.4 Å². The third kappa shape index (κ3) is 6.93. The van der Waals surface area contributed by atoms with Crippen molar-refractivity contribution >= 4 is 34.8 Å². The minimum Gasteiger partial charge on any atom is -0.466 e. The highest BCUT2D eigenvalue weighted by Crippen LogP contribution is 2.39. The largest absolute Gasteiger partial charge is 0.534 e. The van der Waals surface area contributed by atoms with Crippen LogP contribution in [0.3, 0.4) is 0 Å². The lowest BCUT2D eigenvalue weighted by molar-refractivity contribution is -0.136. The van der Waals surface area contributed by atoms with Gasteiger partial charge in [0.15, 0.2) is 0 Å². The summed E-state index contributed by atoms with van der Waals surface area (Å²) < 4.78 is 77.5. The third-order valence-corrected chi connectivity index (χ3v) is 13.1. The van der Waals surface area contributed by atoms with Crippen LogP contribution in [0.5, 0.6) is 0 Å². The lowest BCUT2D eigenvalue weighted by Crippen LogP contribution is -2.66. The van der Waals surface area contributed by atoms with Crippen molar-refractivity contribution in [3.05, 3.63) is 72.0 Å². The molecule has 0 saturated heterocycles. The number of carbonyl (C=O) groups excluding carboxylic acids is 1. The van der Waals surface area contributed by atoms with E-state index in [1.807, 2.05) is 36.4 Å². The Morgan fingerprint density at radius 1 is 0.974 bits per heavy atom. The number of alkyl halides is 3. The molecule has 39 heavy (non-hydrogen) atoms. The number of rotatable bonds is 10. The van der Waals surface area contributed by atoms with E-state index >= 15 is 0 Å². The molecule has 6 nitrogen and oxygen atoms in total. The lowest BCUT2D eigenvalue weighted by Gasteiger charge is -2.43. The predicted molar refractivity (Wildman–Crippen MR) is 145 cm³/mol. The van der Waals surface area contributed by atoms with Crippen molar-refractivity contribution in [3.8, 4) is 0 Å². The van der Waals surface area contributed by atoms with Crippen LogP contribution in [0.4, 0.5) is 13.2 Å². The van der Waals surface area contributed by atoms with E-state index in [0.717, 1.165) is 17.5 Å². The lowest BCUT2D eigenvalue weighted by atomic mass is 9.85. The highest BCUT2D eigenvalue weighted by atomic mass is 32.2. The van der Waals surface area contributed by atoms with Gasteiger partial charge in [0.1, 0.15) is 5.76 Å². The smallest absolute Gasteiger partial charge is 0.466 e. The molecular formula is C28H35F3O6SSi. The van der Waals surface area contributed by atoms with E-state index < -0.39 is 35.7 Å². The van der Waals surface area contributed by atoms with Crippen LogP contribution >= 0.6 is 0 Å². The van der Waals surface area contributed by atoms with Gasteiger partial charge in [-0.2, -0.15) is 21.6 Å². The summed E-state index contributed by atoms with van der Waals surface area (Å²) in [5.41, 5.74) is -5.76. The van der Waals surface area contributed by atoms with Gasteiger partial charge in [0.05, 0.1) is 12.7 Å². The molecule has 1 aliphatic rings. The molecule has 0 heterocycles. The van der Waals surface area contributed by atoms with E-state index in [1.54, 1.807) is 0 Å². The average molecular weight is 585 g/mol. The standard InChI is InChI=1S/C28H35F3O6SSi/c1-27(2,3)39(22-13-7-5-8-14-22,23-15-9-6-10-16-23)36-19-11-12-21-17-18-25(24(20-21)26(32)35-4)37-38(33,34)28(29,30)31/h5-10,13-16,21H,11-12,17-20H2,1-4H3/t21-/m0/s1. The molecular weight excluding hydrogens is 549 g/mol. The van der Waals surface area contributed by atoms with Crippen molar-refractivity contribution in [2.24, 2.45) is 5.92 Å². The van der Waals surface area contributed by atoms with Gasteiger partial charge in [0.25, 0.3) is 8.32 Å². The molecule has 0 bridgehead atoms. The van der Waals surface area contributed by atoms with Gasteiger partial charge >= 0.3 is 21.6 Å². The minimum atomic E-state index is -5.87. The Morgan fingerprint density at radius 3 is 1.97 bits per heavy atom. The second kappa shape index (κ2) is 12.3. The fraction of sp³-hybridized carbons (Fsp3) is 0.464.